The third-order valence-electron chi connectivity index (χ3n) is 4.72. The number of para-hydroxylation sites is 1. The number of carbonyl (C=O) groups is 2. The first-order valence-corrected chi connectivity index (χ1v) is 10.8. The van der Waals surface area contributed by atoms with Gasteiger partial charge in [-0.1, -0.05) is 18.2 Å². The lowest BCUT2D eigenvalue weighted by Crippen LogP contribution is -2.36. The van der Waals surface area contributed by atoms with Crippen LogP contribution in [0, 0.1) is 0 Å². The molecule has 0 atom stereocenters. The molecule has 0 fully saturated rings. The summed E-state index contributed by atoms with van der Waals surface area (Å²) in [5.74, 6) is -0.331. The molecule has 7 heteroatoms. The molecule has 1 amide bonds. The molecule has 7 nitrogen and oxygen atoms in total. The summed E-state index contributed by atoms with van der Waals surface area (Å²) in [6, 6.07) is 15.7. The number of rotatable bonds is 8. The minimum Gasteiger partial charge on any atom is -0.462 e. The second kappa shape index (κ2) is 10.3. The molecule has 2 N–H and O–H groups in total. The fourth-order valence-electron chi connectivity index (χ4n) is 3.37. The van der Waals surface area contributed by atoms with Gasteiger partial charge in [0.2, 0.25) is 0 Å². The van der Waals surface area contributed by atoms with Crippen molar-refractivity contribution in [2.24, 2.45) is 0 Å². The maximum Gasteiger partial charge on any atom is 0.407 e. The van der Waals surface area contributed by atoms with Crippen molar-refractivity contribution in [1.29, 1.82) is 0 Å². The van der Waals surface area contributed by atoms with E-state index in [1.54, 1.807) is 13.0 Å². The van der Waals surface area contributed by atoms with E-state index in [1.165, 1.54) is 0 Å². The largest absolute Gasteiger partial charge is 0.462 e. The number of alkyl carbamates (subject to hydrolysis) is 1. The molecular weight excluding hydrogens is 406 g/mol. The Bertz CT molecular complexity index is 1070. The number of esters is 1. The molecular formula is C25H31N3O4. The normalized spacial score (nSPS) is 11.4. The minimum atomic E-state index is -0.520. The molecule has 3 rings (SSSR count). The molecule has 1 heterocycles. The summed E-state index contributed by atoms with van der Waals surface area (Å²) in [4.78, 5) is 24.0. The summed E-state index contributed by atoms with van der Waals surface area (Å²) in [6.45, 7) is 9.23. The Labute approximate surface area is 188 Å². The van der Waals surface area contributed by atoms with Gasteiger partial charge in [-0.05, 0) is 63.6 Å². The van der Waals surface area contributed by atoms with Crippen LogP contribution in [0.2, 0.25) is 0 Å². The predicted molar refractivity (Wildman–Crippen MR) is 125 cm³/mol. The summed E-state index contributed by atoms with van der Waals surface area (Å²) in [7, 11) is 0. The Morgan fingerprint density at radius 2 is 1.78 bits per heavy atom. The highest BCUT2D eigenvalue weighted by Gasteiger charge is 2.16. The minimum absolute atomic E-state index is 0.331. The fourth-order valence-corrected chi connectivity index (χ4v) is 3.37. The molecule has 32 heavy (non-hydrogen) atoms. The number of fused-ring (bicyclic) bond motifs is 1. The zero-order chi connectivity index (χ0) is 23.1. The molecule has 0 unspecified atom stereocenters. The molecule has 0 radical (unpaired) electrons. The van der Waals surface area contributed by atoms with Crippen molar-refractivity contribution in [3.05, 3.63) is 65.9 Å². The van der Waals surface area contributed by atoms with Crippen molar-refractivity contribution in [3.63, 3.8) is 0 Å². The highest BCUT2D eigenvalue weighted by atomic mass is 16.6. The third-order valence-corrected chi connectivity index (χ3v) is 4.72. The zero-order valence-corrected chi connectivity index (χ0v) is 19.1. The van der Waals surface area contributed by atoms with Gasteiger partial charge in [0.25, 0.3) is 0 Å². The maximum absolute atomic E-state index is 12.2. The van der Waals surface area contributed by atoms with Crippen molar-refractivity contribution >= 4 is 23.0 Å². The van der Waals surface area contributed by atoms with Gasteiger partial charge >= 0.3 is 12.1 Å². The summed E-state index contributed by atoms with van der Waals surface area (Å²) in [5, 5.41) is 7.07. The smallest absolute Gasteiger partial charge is 0.407 e. The van der Waals surface area contributed by atoms with Gasteiger partial charge in [0, 0.05) is 36.9 Å². The van der Waals surface area contributed by atoms with Crippen LogP contribution in [0.1, 0.15) is 43.6 Å². The maximum atomic E-state index is 12.2. The first-order chi connectivity index (χ1) is 15.3. The van der Waals surface area contributed by atoms with E-state index in [4.69, 9.17) is 9.47 Å². The number of nitrogens with one attached hydrogen (secondary N) is 2. The lowest BCUT2D eigenvalue weighted by atomic mass is 10.1. The van der Waals surface area contributed by atoms with Gasteiger partial charge in [0.05, 0.1) is 17.7 Å². The van der Waals surface area contributed by atoms with E-state index in [2.05, 4.69) is 21.4 Å². The van der Waals surface area contributed by atoms with Gasteiger partial charge in [0.15, 0.2) is 0 Å². The Hall–Kier alpha value is -3.32. The number of benzene rings is 2. The number of hydrogen-bond donors (Lipinski definition) is 2. The molecule has 0 saturated heterocycles. The van der Waals surface area contributed by atoms with E-state index in [0.717, 1.165) is 22.2 Å². The van der Waals surface area contributed by atoms with Crippen molar-refractivity contribution in [2.75, 3.05) is 19.7 Å². The molecule has 0 aliphatic heterocycles. The summed E-state index contributed by atoms with van der Waals surface area (Å²) >= 11 is 0. The van der Waals surface area contributed by atoms with Gasteiger partial charge < -0.3 is 24.7 Å². The molecule has 0 aliphatic rings. The van der Waals surface area contributed by atoms with E-state index in [1.807, 2.05) is 63.2 Å². The highest BCUT2D eigenvalue weighted by Crippen LogP contribution is 2.26. The van der Waals surface area contributed by atoms with Crippen LogP contribution in [-0.4, -0.2) is 41.9 Å². The van der Waals surface area contributed by atoms with Gasteiger partial charge in [-0.3, -0.25) is 0 Å². The average Bonchev–Trinajstić information content (AvgIpc) is 3.11. The summed E-state index contributed by atoms with van der Waals surface area (Å²) in [5.41, 5.74) is 3.10. The molecule has 1 aromatic heterocycles. The molecule has 0 bridgehead atoms. The molecule has 0 saturated carbocycles. The van der Waals surface area contributed by atoms with E-state index >= 15 is 0 Å². The fraction of sp³-hybridized carbons (Fsp3) is 0.360. The second-order valence-corrected chi connectivity index (χ2v) is 8.42. The van der Waals surface area contributed by atoms with Crippen molar-refractivity contribution in [3.8, 4) is 5.69 Å². The highest BCUT2D eigenvalue weighted by molar-refractivity contribution is 5.96. The lowest BCUT2D eigenvalue weighted by molar-refractivity contribution is 0.0517. The predicted octanol–water partition coefficient (Wildman–Crippen LogP) is 4.42. The zero-order valence-electron chi connectivity index (χ0n) is 19.1. The first-order valence-electron chi connectivity index (χ1n) is 10.8. The van der Waals surface area contributed by atoms with E-state index in [9.17, 15) is 9.59 Å². The number of carbonyl (C=O) groups excluding carboxylic acids is 2. The third kappa shape index (κ3) is 6.11. The van der Waals surface area contributed by atoms with Crippen LogP contribution in [0.25, 0.3) is 16.6 Å². The Balaban J connectivity index is 1.75. The van der Waals surface area contributed by atoms with Gasteiger partial charge in [-0.2, -0.15) is 0 Å². The number of aromatic nitrogens is 1. The quantitative estimate of drug-likeness (QED) is 0.403. The molecule has 0 spiro atoms. The summed E-state index contributed by atoms with van der Waals surface area (Å²) in [6.07, 6.45) is 1.64. The van der Waals surface area contributed by atoms with Gasteiger partial charge in [0.1, 0.15) is 5.60 Å². The SMILES string of the molecule is CCOC(=O)c1ccc2c(c1)c(CNCCNC(=O)OC(C)(C)C)cn2-c1ccccc1. The van der Waals surface area contributed by atoms with Crippen LogP contribution in [0.15, 0.2) is 54.7 Å². The molecule has 2 aromatic carbocycles. The molecule has 0 aliphatic carbocycles. The van der Waals surface area contributed by atoms with Gasteiger partial charge in [-0.25, -0.2) is 9.59 Å². The van der Waals surface area contributed by atoms with E-state index in [0.29, 0.717) is 31.8 Å². The van der Waals surface area contributed by atoms with Crippen LogP contribution < -0.4 is 10.6 Å². The number of hydrogen-bond acceptors (Lipinski definition) is 5. The number of amides is 1. The average molecular weight is 438 g/mol. The van der Waals surface area contributed by atoms with Crippen LogP contribution in [0.3, 0.4) is 0 Å². The van der Waals surface area contributed by atoms with Gasteiger partial charge in [-0.15, -0.1) is 0 Å². The monoisotopic (exact) mass is 437 g/mol. The second-order valence-electron chi connectivity index (χ2n) is 8.42. The van der Waals surface area contributed by atoms with Crippen molar-refractivity contribution in [2.45, 2.75) is 39.8 Å². The first kappa shape index (κ1) is 23.3. The standard InChI is InChI=1S/C25H31N3O4/c1-5-31-23(29)18-11-12-22-21(15-18)19(17-28(22)20-9-7-6-8-10-20)16-26-13-14-27-24(30)32-25(2,3)4/h6-12,15,17,26H,5,13-14,16H2,1-4H3,(H,27,30). The molecule has 170 valence electrons. The molecule has 3 aromatic rings. The Morgan fingerprint density at radius 1 is 1.03 bits per heavy atom. The van der Waals surface area contributed by atoms with E-state index in [-0.39, 0.29) is 5.97 Å². The van der Waals surface area contributed by atoms with Crippen LogP contribution in [0.4, 0.5) is 4.79 Å². The topological polar surface area (TPSA) is 81.6 Å². The lowest BCUT2D eigenvalue weighted by Gasteiger charge is -2.19. The van der Waals surface area contributed by atoms with Crippen LogP contribution in [-0.2, 0) is 16.0 Å². The summed E-state index contributed by atoms with van der Waals surface area (Å²) < 4.78 is 12.5. The van der Waals surface area contributed by atoms with Crippen molar-refractivity contribution in [1.82, 2.24) is 15.2 Å². The van der Waals surface area contributed by atoms with Crippen molar-refractivity contribution < 1.29 is 19.1 Å². The van der Waals surface area contributed by atoms with Crippen LogP contribution >= 0.6 is 0 Å². The number of ether oxygens (including phenoxy) is 2. The Morgan fingerprint density at radius 3 is 2.47 bits per heavy atom. The Kier molecular flexibility index (Phi) is 7.53. The van der Waals surface area contributed by atoms with Crippen LogP contribution in [0.5, 0.6) is 0 Å². The number of nitrogens with zero attached hydrogens (tertiary/aromatic N) is 1. The van der Waals surface area contributed by atoms with E-state index < -0.39 is 11.7 Å².